The molecular weight excluding hydrogens is 392 g/mol. The van der Waals surface area contributed by atoms with Gasteiger partial charge in [0, 0.05) is 0 Å². The number of benzene rings is 1. The smallest absolute Gasteiger partial charge is 0.322 e. The highest BCUT2D eigenvalue weighted by molar-refractivity contribution is 5.93. The van der Waals surface area contributed by atoms with Crippen LogP contribution in [0.4, 0.5) is 0 Å². The Labute approximate surface area is 175 Å². The summed E-state index contributed by atoms with van der Waals surface area (Å²) >= 11 is 0. The van der Waals surface area contributed by atoms with Gasteiger partial charge in [-0.1, -0.05) is 32.4 Å². The van der Waals surface area contributed by atoms with Crippen LogP contribution in [0.3, 0.4) is 0 Å². The van der Waals surface area contributed by atoms with E-state index < -0.39 is 48.4 Å². The number of hydrogen-bond donors (Lipinski definition) is 6. The molecule has 30 heavy (non-hydrogen) atoms. The minimum absolute atomic E-state index is 0.102. The molecule has 0 aliphatic heterocycles. The lowest BCUT2D eigenvalue weighted by atomic mass is 9.98. The summed E-state index contributed by atoms with van der Waals surface area (Å²) in [6.45, 7) is 4.49. The van der Waals surface area contributed by atoms with Crippen LogP contribution < -0.4 is 21.7 Å². The van der Waals surface area contributed by atoms with Crippen LogP contribution in [0.1, 0.15) is 32.8 Å². The summed E-state index contributed by atoms with van der Waals surface area (Å²) in [6.07, 6.45) is 0.789. The Bertz CT molecular complexity index is 752. The van der Waals surface area contributed by atoms with Crippen LogP contribution in [0.5, 0.6) is 5.75 Å². The van der Waals surface area contributed by atoms with Crippen LogP contribution in [0, 0.1) is 5.92 Å². The van der Waals surface area contributed by atoms with Crippen LogP contribution in [0.25, 0.3) is 0 Å². The topological polar surface area (TPSA) is 171 Å². The first-order chi connectivity index (χ1) is 14.0. The Morgan fingerprint density at radius 3 is 2.13 bits per heavy atom. The van der Waals surface area contributed by atoms with Crippen molar-refractivity contribution in [2.45, 2.75) is 51.7 Å². The van der Waals surface area contributed by atoms with Gasteiger partial charge < -0.3 is 31.9 Å². The van der Waals surface area contributed by atoms with Crippen LogP contribution in [0.2, 0.25) is 0 Å². The van der Waals surface area contributed by atoms with Crippen molar-refractivity contribution in [1.29, 1.82) is 0 Å². The van der Waals surface area contributed by atoms with Gasteiger partial charge in [-0.2, -0.15) is 0 Å². The number of aliphatic carboxylic acids is 1. The van der Waals surface area contributed by atoms with Crippen molar-refractivity contribution >= 4 is 23.7 Å². The second-order valence-electron chi connectivity index (χ2n) is 7.19. The van der Waals surface area contributed by atoms with Crippen LogP contribution in [0.15, 0.2) is 24.3 Å². The van der Waals surface area contributed by atoms with Gasteiger partial charge in [0.2, 0.25) is 17.7 Å². The number of carbonyl (C=O) groups excluding carboxylic acids is 3. The molecule has 1 aromatic carbocycles. The Balaban J connectivity index is 2.66. The van der Waals surface area contributed by atoms with Crippen LogP contribution in [-0.4, -0.2) is 58.6 Å². The van der Waals surface area contributed by atoms with E-state index >= 15 is 0 Å². The summed E-state index contributed by atoms with van der Waals surface area (Å²) in [5.41, 5.74) is 6.65. The minimum atomic E-state index is -1.19. The number of carbonyl (C=O) groups is 4. The summed E-state index contributed by atoms with van der Waals surface area (Å²) in [7, 11) is 0. The summed E-state index contributed by atoms with van der Waals surface area (Å²) in [6, 6.07) is 3.46. The van der Waals surface area contributed by atoms with Crippen molar-refractivity contribution < 1.29 is 29.4 Å². The number of carboxylic acid groups (broad SMARTS) is 1. The molecule has 4 unspecified atom stereocenters. The highest BCUT2D eigenvalue weighted by Crippen LogP contribution is 2.11. The van der Waals surface area contributed by atoms with Gasteiger partial charge in [-0.3, -0.25) is 19.2 Å². The van der Waals surface area contributed by atoms with E-state index in [1.165, 1.54) is 19.1 Å². The van der Waals surface area contributed by atoms with Crippen molar-refractivity contribution in [2.75, 3.05) is 6.54 Å². The molecule has 0 fully saturated rings. The Hall–Kier alpha value is -3.14. The molecule has 10 nitrogen and oxygen atoms in total. The molecule has 10 heteroatoms. The van der Waals surface area contributed by atoms with E-state index in [0.29, 0.717) is 6.42 Å². The highest BCUT2D eigenvalue weighted by Gasteiger charge is 2.29. The van der Waals surface area contributed by atoms with Gasteiger partial charge in [0.05, 0.1) is 6.04 Å². The van der Waals surface area contributed by atoms with E-state index in [-0.39, 0.29) is 18.1 Å². The maximum atomic E-state index is 12.5. The van der Waals surface area contributed by atoms with Crippen molar-refractivity contribution in [2.24, 2.45) is 11.7 Å². The quantitative estimate of drug-likeness (QED) is 0.279. The zero-order valence-electron chi connectivity index (χ0n) is 17.3. The average molecular weight is 422 g/mol. The number of phenols is 1. The van der Waals surface area contributed by atoms with Crippen molar-refractivity contribution in [1.82, 2.24) is 16.0 Å². The van der Waals surface area contributed by atoms with E-state index in [1.807, 2.05) is 6.92 Å². The predicted octanol–water partition coefficient (Wildman–Crippen LogP) is -0.502. The second kappa shape index (κ2) is 11.8. The molecule has 0 aliphatic carbocycles. The number of nitrogens with one attached hydrogen (secondary N) is 3. The molecule has 7 N–H and O–H groups in total. The summed E-state index contributed by atoms with van der Waals surface area (Å²) in [5.74, 6) is -3.08. The molecule has 0 aliphatic rings. The zero-order chi connectivity index (χ0) is 22.8. The SMILES string of the molecule is CCC(C)C(NC(=O)C(C)NC(=O)C(N)Cc1ccc(O)cc1)C(=O)NCC(=O)O. The fraction of sp³-hybridized carbons (Fsp3) is 0.500. The van der Waals surface area contributed by atoms with Gasteiger partial charge in [-0.15, -0.1) is 0 Å². The first-order valence-corrected chi connectivity index (χ1v) is 9.68. The van der Waals surface area contributed by atoms with Crippen molar-refractivity contribution in [3.63, 3.8) is 0 Å². The Morgan fingerprint density at radius 1 is 1.00 bits per heavy atom. The maximum absolute atomic E-state index is 12.5. The van der Waals surface area contributed by atoms with Crippen molar-refractivity contribution in [3.8, 4) is 5.75 Å². The molecule has 3 amide bonds. The Kier molecular flexibility index (Phi) is 9.76. The van der Waals surface area contributed by atoms with Crippen molar-refractivity contribution in [3.05, 3.63) is 29.8 Å². The van der Waals surface area contributed by atoms with Gasteiger partial charge in [0.1, 0.15) is 24.4 Å². The molecule has 0 heterocycles. The number of carboxylic acids is 1. The minimum Gasteiger partial charge on any atom is -0.508 e. The summed E-state index contributed by atoms with van der Waals surface area (Å²) < 4.78 is 0. The first kappa shape index (κ1) is 24.9. The van der Waals surface area contributed by atoms with E-state index in [9.17, 15) is 24.3 Å². The molecule has 0 bridgehead atoms. The average Bonchev–Trinajstić information content (AvgIpc) is 2.70. The molecule has 0 saturated carbocycles. The van der Waals surface area contributed by atoms with Gasteiger partial charge in [0.15, 0.2) is 0 Å². The van der Waals surface area contributed by atoms with Gasteiger partial charge >= 0.3 is 5.97 Å². The molecule has 166 valence electrons. The molecule has 1 aromatic rings. The third-order valence-corrected chi connectivity index (χ3v) is 4.69. The fourth-order valence-corrected chi connectivity index (χ4v) is 2.62. The molecule has 0 radical (unpaired) electrons. The number of phenolic OH excluding ortho intramolecular Hbond substituents is 1. The number of amides is 3. The molecule has 0 aromatic heterocycles. The summed E-state index contributed by atoms with van der Waals surface area (Å²) in [5, 5.41) is 25.3. The lowest BCUT2D eigenvalue weighted by Gasteiger charge is -2.25. The predicted molar refractivity (Wildman–Crippen MR) is 109 cm³/mol. The largest absolute Gasteiger partial charge is 0.508 e. The van der Waals surface area contributed by atoms with E-state index in [4.69, 9.17) is 10.8 Å². The van der Waals surface area contributed by atoms with Gasteiger partial charge in [0.25, 0.3) is 0 Å². The van der Waals surface area contributed by atoms with Crippen LogP contribution >= 0.6 is 0 Å². The lowest BCUT2D eigenvalue weighted by Crippen LogP contribution is -2.56. The van der Waals surface area contributed by atoms with Gasteiger partial charge in [-0.05, 0) is 37.0 Å². The normalized spacial score (nSPS) is 14.7. The van der Waals surface area contributed by atoms with Gasteiger partial charge in [-0.25, -0.2) is 0 Å². The standard InChI is InChI=1S/C20H30N4O6/c1-4-11(2)17(20(30)22-10-16(26)27)24-18(28)12(3)23-19(29)15(21)9-13-5-7-14(25)8-6-13/h5-8,11-12,15,17,25H,4,9-10,21H2,1-3H3,(H,22,30)(H,23,29)(H,24,28)(H,26,27). The zero-order valence-corrected chi connectivity index (χ0v) is 17.3. The number of hydrogen-bond acceptors (Lipinski definition) is 6. The Morgan fingerprint density at radius 2 is 1.60 bits per heavy atom. The molecular formula is C20H30N4O6. The van der Waals surface area contributed by atoms with Crippen LogP contribution in [-0.2, 0) is 25.6 Å². The van der Waals surface area contributed by atoms with E-state index in [0.717, 1.165) is 5.56 Å². The third kappa shape index (κ3) is 8.08. The first-order valence-electron chi connectivity index (χ1n) is 9.68. The maximum Gasteiger partial charge on any atom is 0.322 e. The number of nitrogens with two attached hydrogens (primary N) is 1. The molecule has 1 rings (SSSR count). The molecule has 0 saturated heterocycles. The van der Waals surface area contributed by atoms with E-state index in [2.05, 4.69) is 16.0 Å². The van der Waals surface area contributed by atoms with E-state index in [1.54, 1.807) is 19.1 Å². The number of rotatable bonds is 11. The monoisotopic (exact) mass is 422 g/mol. The molecule has 4 atom stereocenters. The molecule has 0 spiro atoms. The number of aromatic hydroxyl groups is 1. The third-order valence-electron chi connectivity index (χ3n) is 4.69. The lowest BCUT2D eigenvalue weighted by molar-refractivity contribution is -0.139. The highest BCUT2D eigenvalue weighted by atomic mass is 16.4. The second-order valence-corrected chi connectivity index (χ2v) is 7.19. The fourth-order valence-electron chi connectivity index (χ4n) is 2.62. The summed E-state index contributed by atoms with van der Waals surface area (Å²) in [4.78, 5) is 47.7.